The molecular formula is C14H20BrNO2S. The van der Waals surface area contributed by atoms with Crippen LogP contribution >= 0.6 is 27.7 Å². The first kappa shape index (κ1) is 16.5. The number of aliphatic hydroxyl groups is 1. The molecule has 0 aliphatic carbocycles. The summed E-state index contributed by atoms with van der Waals surface area (Å²) < 4.78 is 1.09. The topological polar surface area (TPSA) is 40.5 Å². The second-order valence-electron chi connectivity index (χ2n) is 4.69. The number of thioether (sulfide) groups is 1. The van der Waals surface area contributed by atoms with Gasteiger partial charge in [-0.1, -0.05) is 15.9 Å². The number of hydrogen-bond acceptors (Lipinski definition) is 3. The van der Waals surface area contributed by atoms with Crippen molar-refractivity contribution in [2.45, 2.75) is 31.7 Å². The van der Waals surface area contributed by atoms with Crippen molar-refractivity contribution in [2.75, 3.05) is 19.4 Å². The molecule has 0 aliphatic heterocycles. The predicted molar refractivity (Wildman–Crippen MR) is 83.7 cm³/mol. The van der Waals surface area contributed by atoms with Gasteiger partial charge in [0, 0.05) is 16.4 Å². The maximum Gasteiger partial charge on any atom is 0.232 e. The first-order valence-electron chi connectivity index (χ1n) is 6.13. The Balaban J connectivity index is 2.67. The Labute approximate surface area is 127 Å². The fraction of sp³-hybridized carbons (Fsp3) is 0.500. The summed E-state index contributed by atoms with van der Waals surface area (Å²) in [7, 11) is 1.73. The van der Waals surface area contributed by atoms with Crippen molar-refractivity contribution in [1.82, 2.24) is 4.90 Å². The van der Waals surface area contributed by atoms with Gasteiger partial charge in [-0.3, -0.25) is 4.79 Å². The van der Waals surface area contributed by atoms with E-state index in [1.54, 1.807) is 23.7 Å². The summed E-state index contributed by atoms with van der Waals surface area (Å²) in [5, 5.41) is 9.04. The van der Waals surface area contributed by atoms with Gasteiger partial charge in [-0.15, -0.1) is 11.8 Å². The van der Waals surface area contributed by atoms with Crippen LogP contribution in [-0.2, 0) is 4.79 Å². The summed E-state index contributed by atoms with van der Waals surface area (Å²) in [5.41, 5.74) is 2.32. The zero-order chi connectivity index (χ0) is 14.6. The lowest BCUT2D eigenvalue weighted by molar-refractivity contribution is -0.129. The lowest BCUT2D eigenvalue weighted by Crippen LogP contribution is -2.38. The zero-order valence-corrected chi connectivity index (χ0v) is 14.1. The standard InChI is InChI=1S/C14H20BrNO2S/c1-9-6-13(10(2)5-12(9)15)19-8-14(18)16(4)11(3)7-17/h5-6,11,17H,7-8H2,1-4H3. The minimum atomic E-state index is -0.138. The van der Waals surface area contributed by atoms with Crippen molar-refractivity contribution in [1.29, 1.82) is 0 Å². The molecule has 3 nitrogen and oxygen atoms in total. The Kier molecular flexibility index (Phi) is 6.36. The number of halogens is 1. The van der Waals surface area contributed by atoms with Crippen LogP contribution in [0.1, 0.15) is 18.1 Å². The summed E-state index contributed by atoms with van der Waals surface area (Å²) in [6, 6.07) is 4.02. The fourth-order valence-electron chi connectivity index (χ4n) is 1.52. The number of nitrogens with zero attached hydrogens (tertiary/aromatic N) is 1. The molecule has 0 heterocycles. The van der Waals surface area contributed by atoms with Gasteiger partial charge in [0.2, 0.25) is 5.91 Å². The van der Waals surface area contributed by atoms with Gasteiger partial charge in [-0.2, -0.15) is 0 Å². The molecule has 1 rings (SSSR count). The van der Waals surface area contributed by atoms with Crippen molar-refractivity contribution in [3.05, 3.63) is 27.7 Å². The minimum absolute atomic E-state index is 0.0106. The van der Waals surface area contributed by atoms with E-state index in [4.69, 9.17) is 5.11 Å². The number of likely N-dealkylation sites (N-methyl/N-ethyl adjacent to an activating group) is 1. The number of aliphatic hydroxyl groups excluding tert-OH is 1. The summed E-state index contributed by atoms with van der Waals surface area (Å²) in [5.74, 6) is 0.425. The quantitative estimate of drug-likeness (QED) is 0.834. The molecule has 0 saturated carbocycles. The molecule has 1 atom stereocenters. The van der Waals surface area contributed by atoms with Gasteiger partial charge in [0.15, 0.2) is 0 Å². The number of hydrogen-bond donors (Lipinski definition) is 1. The van der Waals surface area contributed by atoms with Gasteiger partial charge < -0.3 is 10.0 Å². The van der Waals surface area contributed by atoms with Crippen LogP contribution < -0.4 is 0 Å². The molecule has 1 N–H and O–H groups in total. The third kappa shape index (κ3) is 4.51. The van der Waals surface area contributed by atoms with Crippen LogP contribution in [0.25, 0.3) is 0 Å². The summed E-state index contributed by atoms with van der Waals surface area (Å²) in [4.78, 5) is 14.7. The average molecular weight is 346 g/mol. The van der Waals surface area contributed by atoms with Crippen LogP contribution in [0.4, 0.5) is 0 Å². The van der Waals surface area contributed by atoms with Crippen LogP contribution in [0.5, 0.6) is 0 Å². The fourth-order valence-corrected chi connectivity index (χ4v) is 3.01. The van der Waals surface area contributed by atoms with E-state index >= 15 is 0 Å². The molecule has 1 amide bonds. The minimum Gasteiger partial charge on any atom is -0.394 e. The SMILES string of the molecule is Cc1cc(SCC(=O)N(C)C(C)CO)c(C)cc1Br. The number of rotatable bonds is 5. The first-order chi connectivity index (χ1) is 8.86. The molecule has 5 heteroatoms. The molecule has 106 valence electrons. The van der Waals surface area contributed by atoms with Gasteiger partial charge in [0.05, 0.1) is 18.4 Å². The van der Waals surface area contributed by atoms with Gasteiger partial charge >= 0.3 is 0 Å². The highest BCUT2D eigenvalue weighted by molar-refractivity contribution is 9.10. The monoisotopic (exact) mass is 345 g/mol. The van der Waals surface area contributed by atoms with Crippen molar-refractivity contribution >= 4 is 33.6 Å². The van der Waals surface area contributed by atoms with E-state index in [1.165, 1.54) is 0 Å². The van der Waals surface area contributed by atoms with Gasteiger partial charge in [-0.05, 0) is 44.0 Å². The molecule has 1 unspecified atom stereocenters. The van der Waals surface area contributed by atoms with E-state index in [1.807, 2.05) is 20.8 Å². The number of carbonyl (C=O) groups is 1. The molecule has 0 radical (unpaired) electrons. The average Bonchev–Trinajstić information content (AvgIpc) is 2.39. The highest BCUT2D eigenvalue weighted by atomic mass is 79.9. The third-order valence-electron chi connectivity index (χ3n) is 3.13. The highest BCUT2D eigenvalue weighted by Crippen LogP contribution is 2.28. The largest absolute Gasteiger partial charge is 0.394 e. The van der Waals surface area contributed by atoms with Gasteiger partial charge in [0.1, 0.15) is 0 Å². The third-order valence-corrected chi connectivity index (χ3v) is 5.12. The van der Waals surface area contributed by atoms with Crippen molar-refractivity contribution < 1.29 is 9.90 Å². The molecule has 19 heavy (non-hydrogen) atoms. The molecule has 0 fully saturated rings. The Morgan fingerprint density at radius 1 is 1.42 bits per heavy atom. The lowest BCUT2D eigenvalue weighted by atomic mass is 10.2. The van der Waals surface area contributed by atoms with Gasteiger partial charge in [-0.25, -0.2) is 0 Å². The number of carbonyl (C=O) groups excluding carboxylic acids is 1. The van der Waals surface area contributed by atoms with E-state index in [9.17, 15) is 4.79 Å². The normalized spacial score (nSPS) is 12.3. The first-order valence-corrected chi connectivity index (χ1v) is 7.90. The molecule has 1 aromatic rings. The molecule has 0 bridgehead atoms. The maximum absolute atomic E-state index is 12.0. The van der Waals surface area contributed by atoms with Crippen LogP contribution in [0.3, 0.4) is 0 Å². The smallest absolute Gasteiger partial charge is 0.232 e. The molecule has 0 spiro atoms. The highest BCUT2D eigenvalue weighted by Gasteiger charge is 2.15. The van der Waals surface area contributed by atoms with E-state index < -0.39 is 0 Å². The van der Waals surface area contributed by atoms with E-state index in [2.05, 4.69) is 28.1 Å². The maximum atomic E-state index is 12.0. The van der Waals surface area contributed by atoms with Crippen molar-refractivity contribution in [3.63, 3.8) is 0 Å². The van der Waals surface area contributed by atoms with Crippen LogP contribution in [-0.4, -0.2) is 41.4 Å². The summed E-state index contributed by atoms with van der Waals surface area (Å²) in [6.07, 6.45) is 0. The van der Waals surface area contributed by atoms with Crippen LogP contribution in [0.2, 0.25) is 0 Å². The van der Waals surface area contributed by atoms with Gasteiger partial charge in [0.25, 0.3) is 0 Å². The lowest BCUT2D eigenvalue weighted by Gasteiger charge is -2.23. The Morgan fingerprint density at radius 2 is 2.05 bits per heavy atom. The van der Waals surface area contributed by atoms with Crippen LogP contribution in [0.15, 0.2) is 21.5 Å². The molecule has 0 aromatic heterocycles. The van der Waals surface area contributed by atoms with Crippen molar-refractivity contribution in [3.8, 4) is 0 Å². The molecule has 0 aliphatic rings. The van der Waals surface area contributed by atoms with Crippen LogP contribution in [0, 0.1) is 13.8 Å². The Morgan fingerprint density at radius 3 is 2.63 bits per heavy atom. The summed E-state index contributed by atoms with van der Waals surface area (Å²) in [6.45, 7) is 5.90. The Bertz CT molecular complexity index is 465. The Hall–Kier alpha value is -0.520. The summed E-state index contributed by atoms with van der Waals surface area (Å²) >= 11 is 5.04. The number of aryl methyl sites for hydroxylation is 2. The second kappa shape index (κ2) is 7.31. The molecular weight excluding hydrogens is 326 g/mol. The second-order valence-corrected chi connectivity index (χ2v) is 6.56. The number of benzene rings is 1. The van der Waals surface area contributed by atoms with E-state index in [0.29, 0.717) is 5.75 Å². The van der Waals surface area contributed by atoms with E-state index in [0.717, 1.165) is 20.5 Å². The number of amides is 1. The van der Waals surface area contributed by atoms with Crippen molar-refractivity contribution in [2.24, 2.45) is 0 Å². The predicted octanol–water partition coefficient (Wildman–Crippen LogP) is 3.00. The zero-order valence-electron chi connectivity index (χ0n) is 11.7. The molecule has 1 aromatic carbocycles. The van der Waals surface area contributed by atoms with E-state index in [-0.39, 0.29) is 18.6 Å². The molecule has 0 saturated heterocycles.